The third-order valence-electron chi connectivity index (χ3n) is 2.41. The van der Waals surface area contributed by atoms with E-state index in [2.05, 4.69) is 10.3 Å². The number of benzene rings is 1. The van der Waals surface area contributed by atoms with E-state index in [9.17, 15) is 13.6 Å². The highest BCUT2D eigenvalue weighted by atomic mass is 19.1. The van der Waals surface area contributed by atoms with Gasteiger partial charge in [0.2, 0.25) is 0 Å². The summed E-state index contributed by atoms with van der Waals surface area (Å²) >= 11 is 0. The third kappa shape index (κ3) is 2.93. The maximum atomic E-state index is 13.4. The third-order valence-corrected chi connectivity index (χ3v) is 2.41. The van der Waals surface area contributed by atoms with Crippen LogP contribution < -0.4 is 0 Å². The van der Waals surface area contributed by atoms with E-state index in [-0.39, 0.29) is 24.4 Å². The fourth-order valence-electron chi connectivity index (χ4n) is 1.52. The first-order chi connectivity index (χ1) is 9.11. The first kappa shape index (κ1) is 13.1. The van der Waals surface area contributed by atoms with E-state index >= 15 is 0 Å². The minimum absolute atomic E-state index is 0.00130. The van der Waals surface area contributed by atoms with Crippen LogP contribution in [0.3, 0.4) is 0 Å². The molecule has 0 saturated heterocycles. The van der Waals surface area contributed by atoms with E-state index in [1.807, 2.05) is 0 Å². The zero-order valence-corrected chi connectivity index (χ0v) is 10.1. The molecule has 100 valence electrons. The molecular weight excluding hydrogens is 256 g/mol. The summed E-state index contributed by atoms with van der Waals surface area (Å²) in [4.78, 5) is 11.4. The number of ether oxygens (including phenoxy) is 1. The molecule has 0 fully saturated rings. The number of nitrogens with zero attached hydrogens (tertiary/aromatic N) is 3. The number of hydrogen-bond donors (Lipinski definition) is 0. The molecule has 19 heavy (non-hydrogen) atoms. The topological polar surface area (TPSA) is 57.0 Å². The van der Waals surface area contributed by atoms with Gasteiger partial charge in [0, 0.05) is 5.56 Å². The molecule has 0 bridgehead atoms. The van der Waals surface area contributed by atoms with Crippen LogP contribution in [0.5, 0.6) is 0 Å². The lowest BCUT2D eigenvalue weighted by Gasteiger charge is -2.03. The second-order valence-electron chi connectivity index (χ2n) is 3.72. The first-order valence-electron chi connectivity index (χ1n) is 5.62. The molecule has 2 rings (SSSR count). The van der Waals surface area contributed by atoms with Gasteiger partial charge in [0.1, 0.15) is 11.6 Å². The maximum absolute atomic E-state index is 13.4. The van der Waals surface area contributed by atoms with Gasteiger partial charge in [-0.05, 0) is 19.1 Å². The Morgan fingerprint density at radius 1 is 1.37 bits per heavy atom. The van der Waals surface area contributed by atoms with Crippen molar-refractivity contribution in [3.8, 4) is 0 Å². The number of carbonyl (C=O) groups excluding carboxylic acids is 1. The van der Waals surface area contributed by atoms with E-state index in [4.69, 9.17) is 4.74 Å². The first-order valence-corrected chi connectivity index (χ1v) is 5.62. The molecule has 0 saturated carbocycles. The Hall–Kier alpha value is -2.31. The Bertz CT molecular complexity index is 578. The maximum Gasteiger partial charge on any atom is 0.360 e. The van der Waals surface area contributed by atoms with Gasteiger partial charge >= 0.3 is 5.97 Å². The van der Waals surface area contributed by atoms with E-state index in [0.29, 0.717) is 0 Å². The molecule has 1 aromatic carbocycles. The Labute approximate surface area is 107 Å². The van der Waals surface area contributed by atoms with Gasteiger partial charge in [-0.1, -0.05) is 11.3 Å². The molecule has 0 radical (unpaired) electrons. The van der Waals surface area contributed by atoms with Crippen LogP contribution in [-0.2, 0) is 11.3 Å². The molecule has 2 aromatic rings. The van der Waals surface area contributed by atoms with Gasteiger partial charge in [-0.2, -0.15) is 0 Å². The lowest BCUT2D eigenvalue weighted by atomic mass is 10.2. The van der Waals surface area contributed by atoms with Crippen LogP contribution >= 0.6 is 0 Å². The van der Waals surface area contributed by atoms with Crippen LogP contribution in [0.25, 0.3) is 0 Å². The molecule has 0 aliphatic rings. The molecule has 5 nitrogen and oxygen atoms in total. The van der Waals surface area contributed by atoms with Crippen molar-refractivity contribution >= 4 is 5.97 Å². The molecule has 0 amide bonds. The molecule has 7 heteroatoms. The summed E-state index contributed by atoms with van der Waals surface area (Å²) in [5, 5.41) is 7.21. The van der Waals surface area contributed by atoms with Crippen LogP contribution in [0.15, 0.2) is 24.4 Å². The standard InChI is InChI=1S/C12H11F2N3O2/c1-2-19-12(18)11-7-17(16-15-11)6-8-9(13)4-3-5-10(8)14/h3-5,7H,2,6H2,1H3. The molecule has 0 N–H and O–H groups in total. The normalized spacial score (nSPS) is 10.5. The Morgan fingerprint density at radius 2 is 2.05 bits per heavy atom. The van der Waals surface area contributed by atoms with E-state index in [1.165, 1.54) is 16.9 Å². The summed E-state index contributed by atoms with van der Waals surface area (Å²) in [6.45, 7) is 1.73. The fraction of sp³-hybridized carbons (Fsp3) is 0.250. The van der Waals surface area contributed by atoms with Gasteiger partial charge in [0.15, 0.2) is 5.69 Å². The predicted molar refractivity (Wildman–Crippen MR) is 61.4 cm³/mol. The summed E-state index contributed by atoms with van der Waals surface area (Å²) < 4.78 is 32.8. The molecule has 0 aliphatic heterocycles. The Balaban J connectivity index is 2.18. The van der Waals surface area contributed by atoms with Crippen molar-refractivity contribution in [2.24, 2.45) is 0 Å². The molecular formula is C12H11F2N3O2. The average molecular weight is 267 g/mol. The molecule has 0 atom stereocenters. The van der Waals surface area contributed by atoms with E-state index in [0.717, 1.165) is 12.1 Å². The second-order valence-corrected chi connectivity index (χ2v) is 3.72. The zero-order valence-electron chi connectivity index (χ0n) is 10.1. The number of rotatable bonds is 4. The minimum atomic E-state index is -0.673. The highest BCUT2D eigenvalue weighted by Crippen LogP contribution is 2.13. The number of hydrogen-bond acceptors (Lipinski definition) is 4. The number of aromatic nitrogens is 3. The Kier molecular flexibility index (Phi) is 3.84. The molecule has 0 aliphatic carbocycles. The number of halogens is 2. The lowest BCUT2D eigenvalue weighted by Crippen LogP contribution is -2.06. The van der Waals surface area contributed by atoms with Crippen molar-refractivity contribution in [3.63, 3.8) is 0 Å². The van der Waals surface area contributed by atoms with Crippen LogP contribution in [0.1, 0.15) is 23.0 Å². The SMILES string of the molecule is CCOC(=O)c1cn(Cc2c(F)cccc2F)nn1. The van der Waals surface area contributed by atoms with Crippen molar-refractivity contribution in [2.75, 3.05) is 6.61 Å². The number of carbonyl (C=O) groups is 1. The highest BCUT2D eigenvalue weighted by molar-refractivity contribution is 5.86. The second kappa shape index (κ2) is 5.55. The fourth-order valence-corrected chi connectivity index (χ4v) is 1.52. The predicted octanol–water partition coefficient (Wildman–Crippen LogP) is 1.78. The van der Waals surface area contributed by atoms with Gasteiger partial charge in [-0.3, -0.25) is 0 Å². The lowest BCUT2D eigenvalue weighted by molar-refractivity contribution is 0.0519. The van der Waals surface area contributed by atoms with Crippen LogP contribution in [0.4, 0.5) is 8.78 Å². The number of esters is 1. The Morgan fingerprint density at radius 3 is 2.68 bits per heavy atom. The summed E-state index contributed by atoms with van der Waals surface area (Å²) in [5.74, 6) is -1.97. The average Bonchev–Trinajstić information content (AvgIpc) is 2.83. The summed E-state index contributed by atoms with van der Waals surface area (Å²) in [6, 6.07) is 3.59. The van der Waals surface area contributed by atoms with Crippen LogP contribution in [-0.4, -0.2) is 27.6 Å². The van der Waals surface area contributed by atoms with Gasteiger partial charge in [0.05, 0.1) is 19.3 Å². The van der Waals surface area contributed by atoms with E-state index < -0.39 is 17.6 Å². The molecule has 0 spiro atoms. The van der Waals surface area contributed by atoms with Gasteiger partial charge in [0.25, 0.3) is 0 Å². The smallest absolute Gasteiger partial charge is 0.360 e. The van der Waals surface area contributed by atoms with Gasteiger partial charge in [-0.25, -0.2) is 18.3 Å². The summed E-state index contributed by atoms with van der Waals surface area (Å²) in [7, 11) is 0. The monoisotopic (exact) mass is 267 g/mol. The van der Waals surface area contributed by atoms with Crippen molar-refractivity contribution in [2.45, 2.75) is 13.5 Å². The van der Waals surface area contributed by atoms with Crippen LogP contribution in [0, 0.1) is 11.6 Å². The highest BCUT2D eigenvalue weighted by Gasteiger charge is 2.14. The van der Waals surface area contributed by atoms with E-state index in [1.54, 1.807) is 6.92 Å². The largest absolute Gasteiger partial charge is 0.461 e. The van der Waals surface area contributed by atoms with Crippen LogP contribution in [0.2, 0.25) is 0 Å². The van der Waals surface area contributed by atoms with Crippen molar-refractivity contribution < 1.29 is 18.3 Å². The summed E-state index contributed by atoms with van der Waals surface area (Å²) in [6.07, 6.45) is 1.28. The molecule has 0 unspecified atom stereocenters. The van der Waals surface area contributed by atoms with Crippen molar-refractivity contribution in [1.29, 1.82) is 0 Å². The van der Waals surface area contributed by atoms with Crippen molar-refractivity contribution in [3.05, 3.63) is 47.3 Å². The molecule has 1 heterocycles. The van der Waals surface area contributed by atoms with Crippen molar-refractivity contribution in [1.82, 2.24) is 15.0 Å². The van der Waals surface area contributed by atoms with Gasteiger partial charge < -0.3 is 4.74 Å². The quantitative estimate of drug-likeness (QED) is 0.792. The molecule has 1 aromatic heterocycles. The summed E-state index contributed by atoms with van der Waals surface area (Å²) in [5.41, 5.74) is -0.138. The minimum Gasteiger partial charge on any atom is -0.461 e. The van der Waals surface area contributed by atoms with Gasteiger partial charge in [-0.15, -0.1) is 5.10 Å². The zero-order chi connectivity index (χ0) is 13.8.